The van der Waals surface area contributed by atoms with Gasteiger partial charge in [-0.05, 0) is 6.92 Å². The third-order valence-corrected chi connectivity index (χ3v) is 2.41. The van der Waals surface area contributed by atoms with Crippen molar-refractivity contribution < 1.29 is 0 Å². The summed E-state index contributed by atoms with van der Waals surface area (Å²) in [5.41, 5.74) is 3.41. The maximum Gasteiger partial charge on any atom is 0.239 e. The van der Waals surface area contributed by atoms with Crippen molar-refractivity contribution in [2.75, 3.05) is 36.5 Å². The number of nitrogens with zero attached hydrogens (tertiary/aromatic N) is 3. The largest absolute Gasteiger partial charge is 0.354 e. The van der Waals surface area contributed by atoms with Gasteiger partial charge in [-0.2, -0.15) is 4.98 Å². The van der Waals surface area contributed by atoms with Gasteiger partial charge in [0, 0.05) is 37.9 Å². The Balaban J connectivity index is 2.22. The molecule has 2 heterocycles. The minimum absolute atomic E-state index is 0.475. The lowest BCUT2D eigenvalue weighted by molar-refractivity contribution is 0.584. The Bertz CT molecular complexity index is 333. The summed E-state index contributed by atoms with van der Waals surface area (Å²) in [6.07, 6.45) is 0. The number of aromatic nitrogens is 2. The van der Waals surface area contributed by atoms with Gasteiger partial charge < -0.3 is 10.2 Å². The molecule has 2 rings (SSSR count). The highest BCUT2D eigenvalue weighted by Crippen LogP contribution is 2.14. The molecule has 0 radical (unpaired) electrons. The topological polar surface area (TPSA) is 79.1 Å². The normalized spacial score (nSPS) is 16.5. The molecule has 1 aliphatic heterocycles. The highest BCUT2D eigenvalue weighted by molar-refractivity contribution is 5.44. The van der Waals surface area contributed by atoms with Crippen molar-refractivity contribution in [3.8, 4) is 0 Å². The van der Waals surface area contributed by atoms with Crippen LogP contribution in [-0.4, -0.2) is 36.1 Å². The molecule has 15 heavy (non-hydrogen) atoms. The van der Waals surface area contributed by atoms with Crippen LogP contribution in [0.25, 0.3) is 0 Å². The zero-order valence-corrected chi connectivity index (χ0v) is 8.82. The zero-order valence-electron chi connectivity index (χ0n) is 8.82. The van der Waals surface area contributed by atoms with Gasteiger partial charge in [0.05, 0.1) is 0 Å². The molecule has 0 unspecified atom stereocenters. The second kappa shape index (κ2) is 4.41. The van der Waals surface area contributed by atoms with E-state index in [1.54, 1.807) is 0 Å². The third-order valence-electron chi connectivity index (χ3n) is 2.41. The van der Waals surface area contributed by atoms with Gasteiger partial charge in [-0.1, -0.05) is 0 Å². The summed E-state index contributed by atoms with van der Waals surface area (Å²) in [4.78, 5) is 10.7. The summed E-state index contributed by atoms with van der Waals surface area (Å²) in [5.74, 6) is 6.73. The van der Waals surface area contributed by atoms with Gasteiger partial charge >= 0.3 is 0 Å². The molecular weight excluding hydrogens is 192 g/mol. The van der Waals surface area contributed by atoms with E-state index in [2.05, 4.69) is 25.6 Å². The third kappa shape index (κ3) is 2.34. The van der Waals surface area contributed by atoms with Crippen LogP contribution in [0.1, 0.15) is 5.69 Å². The highest BCUT2D eigenvalue weighted by atomic mass is 15.3. The lowest BCUT2D eigenvalue weighted by Crippen LogP contribution is -2.44. The SMILES string of the molecule is Cc1cc(N2CCNCC2)nc(NN)n1. The molecule has 0 aliphatic carbocycles. The van der Waals surface area contributed by atoms with Gasteiger partial charge in [-0.25, -0.2) is 10.8 Å². The Morgan fingerprint density at radius 3 is 2.80 bits per heavy atom. The number of nitrogens with two attached hydrogens (primary N) is 1. The van der Waals surface area contributed by atoms with E-state index >= 15 is 0 Å². The number of piperazine rings is 1. The van der Waals surface area contributed by atoms with E-state index in [0.29, 0.717) is 5.95 Å². The van der Waals surface area contributed by atoms with Crippen molar-refractivity contribution >= 4 is 11.8 Å². The first-order valence-electron chi connectivity index (χ1n) is 5.07. The average Bonchev–Trinajstić information content (AvgIpc) is 2.29. The van der Waals surface area contributed by atoms with Crippen LogP contribution < -0.4 is 21.5 Å². The van der Waals surface area contributed by atoms with Crippen LogP contribution in [0, 0.1) is 6.92 Å². The van der Waals surface area contributed by atoms with Crippen molar-refractivity contribution in [1.29, 1.82) is 0 Å². The fraction of sp³-hybridized carbons (Fsp3) is 0.556. The molecule has 1 aromatic rings. The van der Waals surface area contributed by atoms with E-state index in [0.717, 1.165) is 37.7 Å². The van der Waals surface area contributed by atoms with E-state index in [9.17, 15) is 0 Å². The Kier molecular flexibility index (Phi) is 2.98. The molecule has 4 N–H and O–H groups in total. The number of hydrogen-bond donors (Lipinski definition) is 3. The molecule has 1 fully saturated rings. The zero-order chi connectivity index (χ0) is 10.7. The van der Waals surface area contributed by atoms with Crippen molar-refractivity contribution in [2.45, 2.75) is 6.92 Å². The molecule has 0 bridgehead atoms. The summed E-state index contributed by atoms with van der Waals surface area (Å²) in [5, 5.41) is 3.30. The van der Waals surface area contributed by atoms with Gasteiger partial charge in [0.1, 0.15) is 5.82 Å². The van der Waals surface area contributed by atoms with E-state index in [-0.39, 0.29) is 0 Å². The van der Waals surface area contributed by atoms with Crippen LogP contribution in [0.5, 0.6) is 0 Å². The highest BCUT2D eigenvalue weighted by Gasteiger charge is 2.12. The maximum absolute atomic E-state index is 5.31. The fourth-order valence-electron chi connectivity index (χ4n) is 1.67. The average molecular weight is 208 g/mol. The van der Waals surface area contributed by atoms with Crippen LogP contribution in [-0.2, 0) is 0 Å². The molecule has 0 aromatic carbocycles. The fourth-order valence-corrected chi connectivity index (χ4v) is 1.67. The first kappa shape index (κ1) is 10.1. The smallest absolute Gasteiger partial charge is 0.239 e. The van der Waals surface area contributed by atoms with Gasteiger partial charge in [0.25, 0.3) is 0 Å². The van der Waals surface area contributed by atoms with Gasteiger partial charge in [0.2, 0.25) is 5.95 Å². The molecule has 0 spiro atoms. The van der Waals surface area contributed by atoms with Crippen molar-refractivity contribution in [3.63, 3.8) is 0 Å². The number of nitrogen functional groups attached to an aromatic ring is 1. The van der Waals surface area contributed by atoms with E-state index in [1.807, 2.05) is 13.0 Å². The molecule has 82 valence electrons. The Labute approximate surface area is 88.9 Å². The molecule has 1 aromatic heterocycles. The monoisotopic (exact) mass is 208 g/mol. The Morgan fingerprint density at radius 1 is 1.40 bits per heavy atom. The van der Waals surface area contributed by atoms with Crippen molar-refractivity contribution in [1.82, 2.24) is 15.3 Å². The summed E-state index contributed by atoms with van der Waals surface area (Å²) in [7, 11) is 0. The lowest BCUT2D eigenvalue weighted by atomic mass is 10.3. The van der Waals surface area contributed by atoms with E-state index < -0.39 is 0 Å². The van der Waals surface area contributed by atoms with Crippen LogP contribution in [0.3, 0.4) is 0 Å². The summed E-state index contributed by atoms with van der Waals surface area (Å²) in [6, 6.07) is 1.98. The summed E-state index contributed by atoms with van der Waals surface area (Å²) in [6.45, 7) is 5.87. The second-order valence-electron chi connectivity index (χ2n) is 3.57. The Hall–Kier alpha value is -1.40. The predicted molar refractivity (Wildman–Crippen MR) is 59.7 cm³/mol. The number of hydrazine groups is 1. The molecule has 6 heteroatoms. The van der Waals surface area contributed by atoms with Crippen LogP contribution in [0.4, 0.5) is 11.8 Å². The number of nitrogens with one attached hydrogen (secondary N) is 2. The van der Waals surface area contributed by atoms with E-state index in [1.165, 1.54) is 0 Å². The first-order chi connectivity index (χ1) is 7.29. The van der Waals surface area contributed by atoms with Crippen molar-refractivity contribution in [2.24, 2.45) is 5.84 Å². The summed E-state index contributed by atoms with van der Waals surface area (Å²) >= 11 is 0. The second-order valence-corrected chi connectivity index (χ2v) is 3.57. The van der Waals surface area contributed by atoms with Crippen LogP contribution in [0.15, 0.2) is 6.07 Å². The number of rotatable bonds is 2. The quantitative estimate of drug-likeness (QED) is 0.448. The van der Waals surface area contributed by atoms with Crippen LogP contribution in [0.2, 0.25) is 0 Å². The number of anilines is 2. The molecule has 0 saturated carbocycles. The molecule has 0 atom stereocenters. The van der Waals surface area contributed by atoms with Crippen LogP contribution >= 0.6 is 0 Å². The number of aryl methyl sites for hydroxylation is 1. The maximum atomic E-state index is 5.31. The van der Waals surface area contributed by atoms with Gasteiger partial charge in [0.15, 0.2) is 0 Å². The Morgan fingerprint density at radius 2 is 2.13 bits per heavy atom. The van der Waals surface area contributed by atoms with Crippen molar-refractivity contribution in [3.05, 3.63) is 11.8 Å². The molecule has 0 amide bonds. The minimum Gasteiger partial charge on any atom is -0.354 e. The van der Waals surface area contributed by atoms with Gasteiger partial charge in [-0.15, -0.1) is 0 Å². The predicted octanol–water partition coefficient (Wildman–Crippen LogP) is -0.520. The number of hydrogen-bond acceptors (Lipinski definition) is 6. The van der Waals surface area contributed by atoms with E-state index in [4.69, 9.17) is 5.84 Å². The molecule has 1 saturated heterocycles. The van der Waals surface area contributed by atoms with Gasteiger partial charge in [-0.3, -0.25) is 5.43 Å². The molecular formula is C9H16N6. The molecule has 6 nitrogen and oxygen atoms in total. The minimum atomic E-state index is 0.475. The first-order valence-corrected chi connectivity index (χ1v) is 5.07. The summed E-state index contributed by atoms with van der Waals surface area (Å²) < 4.78 is 0. The molecule has 1 aliphatic rings. The standard InChI is InChI=1S/C9H16N6/c1-7-6-8(13-9(12-7)14-10)15-4-2-11-3-5-15/h6,11H,2-5,10H2,1H3,(H,12,13,14). The lowest BCUT2D eigenvalue weighted by Gasteiger charge is -2.28.